The topological polar surface area (TPSA) is 254 Å². The summed E-state index contributed by atoms with van der Waals surface area (Å²) in [4.78, 5) is 4.86. The van der Waals surface area contributed by atoms with Crippen molar-refractivity contribution in [2.75, 3.05) is 83.7 Å². The number of rotatable bonds is 39. The van der Waals surface area contributed by atoms with E-state index in [0.29, 0.717) is 81.5 Å². The highest BCUT2D eigenvalue weighted by Gasteiger charge is 2.35. The molecule has 6 aliphatic carbocycles. The summed E-state index contributed by atoms with van der Waals surface area (Å²) in [5, 5.41) is 7.38. The first-order valence-electron chi connectivity index (χ1n) is 56.7. The van der Waals surface area contributed by atoms with Crippen LogP contribution in [-0.4, -0.2) is 168 Å². The third-order valence-electron chi connectivity index (χ3n) is 33.4. The summed E-state index contributed by atoms with van der Waals surface area (Å²) in [5.41, 5.74) is 14.5. The van der Waals surface area contributed by atoms with Gasteiger partial charge >= 0.3 is 0 Å². The van der Waals surface area contributed by atoms with Crippen LogP contribution in [0.25, 0.3) is 0 Å². The quantitative estimate of drug-likeness (QED) is 0.0347. The molecule has 6 aromatic rings. The van der Waals surface area contributed by atoms with Crippen LogP contribution in [0, 0.1) is 89.3 Å². The van der Waals surface area contributed by atoms with E-state index >= 15 is 0 Å². The first kappa shape index (κ1) is 123. The van der Waals surface area contributed by atoms with E-state index in [-0.39, 0.29) is 43.7 Å². The van der Waals surface area contributed by atoms with Crippen LogP contribution in [0.1, 0.15) is 347 Å². The number of hydrogen-bond donors (Lipinski definition) is 0. The van der Waals surface area contributed by atoms with Crippen molar-refractivity contribution in [1.29, 1.82) is 5.26 Å². The minimum Gasteiger partial charge on any atom is -0.378 e. The maximum Gasteiger partial charge on any atom is 0.152 e. The summed E-state index contributed by atoms with van der Waals surface area (Å²) in [5.74, 6) is 9.14. The van der Waals surface area contributed by atoms with Crippen LogP contribution in [0.5, 0.6) is 0 Å². The Kier molecular flexibility index (Phi) is 51.6. The largest absolute Gasteiger partial charge is 0.378 e. The second-order valence-corrected chi connectivity index (χ2v) is 62.5. The molecule has 23 heteroatoms. The Bertz CT molecular complexity index is 5450. The van der Waals surface area contributed by atoms with Crippen LogP contribution in [-0.2, 0) is 113 Å². The molecule has 814 valence electrons. The zero-order chi connectivity index (χ0) is 105. The van der Waals surface area contributed by atoms with Crippen molar-refractivity contribution < 1.29 is 60.0 Å². The van der Waals surface area contributed by atoms with Gasteiger partial charge in [0.1, 0.15) is 0 Å². The zero-order valence-corrected chi connectivity index (χ0v) is 97.0. The van der Waals surface area contributed by atoms with Crippen molar-refractivity contribution in [3.8, 4) is 6.07 Å². The third kappa shape index (κ3) is 44.3. The van der Waals surface area contributed by atoms with Crippen molar-refractivity contribution in [2.24, 2.45) is 71.0 Å². The molecule has 0 spiro atoms. The molecule has 6 aromatic carbocycles. The molecule has 2 atom stereocenters. The number of benzene rings is 6. The monoisotopic (exact) mass is 2110 g/mol. The summed E-state index contributed by atoms with van der Waals surface area (Å²) < 4.78 is 156. The van der Waals surface area contributed by atoms with Crippen LogP contribution in [0.2, 0.25) is 0 Å². The highest BCUT2D eigenvalue weighted by Crippen LogP contribution is 2.41. The van der Waals surface area contributed by atoms with Crippen LogP contribution in [0.15, 0.2) is 152 Å². The van der Waals surface area contributed by atoms with Gasteiger partial charge in [0.25, 0.3) is 0 Å². The first-order valence-corrected chi connectivity index (χ1v) is 67.0. The Morgan fingerprint density at radius 3 is 0.779 bits per heavy atom. The Morgan fingerprint density at radius 1 is 0.290 bits per heavy atom. The lowest BCUT2D eigenvalue weighted by Crippen LogP contribution is -2.45. The van der Waals surface area contributed by atoms with Crippen molar-refractivity contribution in [3.05, 3.63) is 202 Å². The molecule has 2 aliphatic heterocycles. The number of anilines is 2. The van der Waals surface area contributed by atoms with E-state index in [1.165, 1.54) is 152 Å². The van der Waals surface area contributed by atoms with Crippen molar-refractivity contribution in [1.82, 2.24) is 0 Å². The summed E-state index contributed by atoms with van der Waals surface area (Å²) in [6.45, 7) is 35.6. The van der Waals surface area contributed by atoms with E-state index < -0.39 is 59.0 Å². The molecule has 0 bridgehead atoms. The van der Waals surface area contributed by atoms with Crippen molar-refractivity contribution >= 4 is 70.4 Å². The predicted molar refractivity (Wildman–Crippen MR) is 609 cm³/mol. The van der Waals surface area contributed by atoms with Gasteiger partial charge in [0.2, 0.25) is 0 Å². The smallest absolute Gasteiger partial charge is 0.152 e. The molecule has 0 radical (unpaired) electrons. The Balaban J connectivity index is 0.000000194. The molecule has 0 amide bonds. The first-order chi connectivity index (χ1) is 68.8. The molecule has 0 N–H and O–H groups in total. The number of nitrogens with zero attached hydrogens (tertiary/aromatic N) is 3. The van der Waals surface area contributed by atoms with Gasteiger partial charge in [-0.25, -0.2) is 50.5 Å². The standard InChI is InChI=1S/C24H39NO3S.C22H35NO3S.C20H32O2S.C19H27NO2S.C19H30O2S.C18H28O2S/c1-18(2)29(26,27)17-23-12-9-21(10-13-23)8-11-22-6-5-7-24(14-22)25-15-19(3)28-20(4)16-25;1-18(2)27(24,25)17-21-10-7-19(8-11-21)6-9-20-4-3-5-22(16-20)23-12-14-26-15-13-23;1-4-17-5-7-18(8-6-17)9-10-19-11-13-20(14-12-19)15-23(21,22)16(2)3;1-15(2)23(21,22)14-19-11-7-17(8-12-19)4-3-16-5-9-18(13-20)10-6-16;1-15(2)22(20,21)14-19-12-10-18(11-13-19)9-8-17-6-4-16(3)5-7-17;1-15(2)21(19,20)14-18-12-10-17(11-13-18)9-8-16-6-4-3-5-7-16/h5-7,14,18-21,23H,8-13,15-17H2,1-4H3;3-5,16,18-19,21H,6-15,17H2,1-2H3;5-8,16,19-20H,4,9-15H2,1-3H3;5-6,9-10,15,17,19H,3-4,7-8,11-12,14H2,1-2H3;4-7,15,18-19H,8-14H2,1-3H3;3-7,15,17-18H,8-14H2,1-2H3/t19-,20+,21?,23?;;;;;. The van der Waals surface area contributed by atoms with Gasteiger partial charge in [-0.15, -0.1) is 0 Å². The summed E-state index contributed by atoms with van der Waals surface area (Å²) in [6.07, 6.45) is 42.8. The lowest BCUT2D eigenvalue weighted by atomic mass is 9.80. The second-order valence-electron chi connectivity index (χ2n) is 46.9. The van der Waals surface area contributed by atoms with Crippen LogP contribution in [0.3, 0.4) is 0 Å². The fraction of sp³-hybridized carbons (Fsp3) is 0.697. The molecule has 0 unspecified atom stereocenters. The molecule has 2 saturated heterocycles. The van der Waals surface area contributed by atoms with E-state index in [1.807, 2.05) is 24.3 Å². The number of sulfone groups is 6. The molecule has 8 fully saturated rings. The van der Waals surface area contributed by atoms with Crippen LogP contribution >= 0.6 is 0 Å². The molecule has 0 aromatic heterocycles. The molecule has 6 saturated carbocycles. The van der Waals surface area contributed by atoms with Crippen LogP contribution in [0.4, 0.5) is 11.4 Å². The normalized spacial score (nSPS) is 24.2. The molecule has 17 nitrogen and oxygen atoms in total. The van der Waals surface area contributed by atoms with Crippen molar-refractivity contribution in [2.45, 2.75) is 392 Å². The molecule has 145 heavy (non-hydrogen) atoms. The third-order valence-corrected chi connectivity index (χ3v) is 47.7. The summed E-state index contributed by atoms with van der Waals surface area (Å²) in [6, 6.07) is 56.4. The van der Waals surface area contributed by atoms with E-state index in [2.05, 4.69) is 171 Å². The number of ether oxygens (including phenoxy) is 2. The zero-order valence-electron chi connectivity index (χ0n) is 92.1. The number of aryl methyl sites for hydroxylation is 8. The van der Waals surface area contributed by atoms with E-state index in [0.717, 1.165) is 210 Å². The van der Waals surface area contributed by atoms with Gasteiger partial charge in [0.05, 0.1) is 103 Å². The highest BCUT2D eigenvalue weighted by atomic mass is 32.2. The number of morpholine rings is 2. The predicted octanol–water partition coefficient (Wildman–Crippen LogP) is 26.7. The maximum absolute atomic E-state index is 12.2. The lowest BCUT2D eigenvalue weighted by Gasteiger charge is -2.37. The summed E-state index contributed by atoms with van der Waals surface area (Å²) >= 11 is 0. The Morgan fingerprint density at radius 2 is 0.517 bits per heavy atom. The van der Waals surface area contributed by atoms with Gasteiger partial charge in [-0.05, 0) is 411 Å². The molecule has 2 heterocycles. The van der Waals surface area contributed by atoms with Gasteiger partial charge in [-0.2, -0.15) is 5.26 Å². The van der Waals surface area contributed by atoms with E-state index in [9.17, 15) is 50.5 Å². The molecule has 8 aliphatic rings. The molecule has 14 rings (SSSR count). The SMILES string of the molecule is CC(C)S(=O)(=O)CC1CCC(CCc2ccc(C#N)cc2)CC1.CC(C)S(=O)(=O)CC1CCC(CCc2cccc(N3CCOCC3)c2)CC1.CC(C)S(=O)(=O)CC1CCC(CCc2cccc(N3C[C@@H](C)O[C@@H](C)C3)c2)CC1.CC(C)S(=O)(=O)CC1CCC(CCc2ccccc2)CC1.CCc1ccc(CCC2CCC(CS(=O)(=O)C(C)C)CC2)cc1.Cc1ccc(CCC2CCC(CS(=O)(=O)C(C)C)CC2)cc1. The van der Waals surface area contributed by atoms with Crippen LogP contribution < -0.4 is 9.80 Å². The summed E-state index contributed by atoms with van der Waals surface area (Å²) in [7, 11) is -17.3. The molecular formula is C122H191N3O14S6. The van der Waals surface area contributed by atoms with Gasteiger partial charge in [0, 0.05) is 37.6 Å². The molecular weight excluding hydrogens is 1920 g/mol. The Hall–Kier alpha value is -5.97. The van der Waals surface area contributed by atoms with Crippen molar-refractivity contribution in [3.63, 3.8) is 0 Å². The van der Waals surface area contributed by atoms with E-state index in [1.54, 1.807) is 83.1 Å². The van der Waals surface area contributed by atoms with Gasteiger partial charge in [-0.3, -0.25) is 0 Å². The average molecular weight is 2120 g/mol. The minimum atomic E-state index is -2.91. The highest BCUT2D eigenvalue weighted by molar-refractivity contribution is 7.93. The fourth-order valence-electron chi connectivity index (χ4n) is 22.6. The Labute approximate surface area is 883 Å². The number of nitriles is 1. The number of hydrogen-bond acceptors (Lipinski definition) is 17. The average Bonchev–Trinajstić information content (AvgIpc) is 0.833. The second kappa shape index (κ2) is 61.1. The van der Waals surface area contributed by atoms with Gasteiger partial charge < -0.3 is 19.3 Å². The maximum atomic E-state index is 12.2. The van der Waals surface area contributed by atoms with E-state index in [4.69, 9.17) is 14.7 Å². The fourth-order valence-corrected chi connectivity index (χ4v) is 30.8. The van der Waals surface area contributed by atoms with Gasteiger partial charge in [0.15, 0.2) is 59.0 Å². The van der Waals surface area contributed by atoms with Gasteiger partial charge in [-0.1, -0.05) is 205 Å². The lowest BCUT2D eigenvalue weighted by molar-refractivity contribution is -0.00523. The minimum absolute atomic E-state index is 0.228.